The van der Waals surface area contributed by atoms with Crippen LogP contribution in [0.1, 0.15) is 12.5 Å². The van der Waals surface area contributed by atoms with Gasteiger partial charge in [-0.15, -0.1) is 0 Å². The van der Waals surface area contributed by atoms with Crippen molar-refractivity contribution < 1.29 is 13.7 Å². The molecule has 0 radical (unpaired) electrons. The largest absolute Gasteiger partial charge is 0.426 e. The first-order chi connectivity index (χ1) is 6.66. The summed E-state index contributed by atoms with van der Waals surface area (Å²) in [6.45, 7) is 1.38. The molecule has 1 aromatic rings. The predicted molar refractivity (Wildman–Crippen MR) is 56.8 cm³/mol. The van der Waals surface area contributed by atoms with E-state index in [-0.39, 0.29) is 5.97 Å². The lowest BCUT2D eigenvalue weighted by Gasteiger charge is -2.04. The smallest absolute Gasteiger partial charge is 0.308 e. The molecule has 0 amide bonds. The van der Waals surface area contributed by atoms with Crippen LogP contribution in [0.4, 0.5) is 0 Å². The number of benzene rings is 1. The van der Waals surface area contributed by atoms with Crippen LogP contribution in [0.25, 0.3) is 0 Å². The highest BCUT2D eigenvalue weighted by atomic mass is 32.8. The fraction of sp³-hybridized carbons (Fsp3) is 0.222. The maximum Gasteiger partial charge on any atom is 0.308 e. The molecule has 5 heteroatoms. The summed E-state index contributed by atoms with van der Waals surface area (Å²) in [5, 5.41) is 0. The van der Waals surface area contributed by atoms with Crippen LogP contribution in [0.3, 0.4) is 0 Å². The molecule has 0 aliphatic carbocycles. The van der Waals surface area contributed by atoms with Crippen molar-refractivity contribution in [1.29, 1.82) is 0 Å². The summed E-state index contributed by atoms with van der Waals surface area (Å²) in [4.78, 5) is 10.8. The number of hydrogen-bond acceptors (Lipinski definition) is 4. The lowest BCUT2D eigenvalue weighted by atomic mass is 10.2. The number of rotatable bonds is 1. The van der Waals surface area contributed by atoms with Gasteiger partial charge in [-0.25, -0.2) is 0 Å². The lowest BCUT2D eigenvalue weighted by molar-refractivity contribution is -0.131. The summed E-state index contributed by atoms with van der Waals surface area (Å²) >= 11 is 5.05. The highest BCUT2D eigenvalue weighted by Crippen LogP contribution is 2.35. The van der Waals surface area contributed by atoms with Gasteiger partial charge in [0.05, 0.1) is 21.1 Å². The van der Waals surface area contributed by atoms with Crippen molar-refractivity contribution in [3.8, 4) is 11.5 Å². The minimum absolute atomic E-state index is 0.324. The van der Waals surface area contributed by atoms with E-state index in [9.17, 15) is 4.79 Å². The van der Waals surface area contributed by atoms with E-state index in [0.29, 0.717) is 11.5 Å². The van der Waals surface area contributed by atoms with Crippen LogP contribution in [-0.2, 0) is 31.5 Å². The summed E-state index contributed by atoms with van der Waals surface area (Å²) in [5.41, 5.74) is 0.904. The van der Waals surface area contributed by atoms with Gasteiger partial charge in [0.1, 0.15) is 11.5 Å². The van der Waals surface area contributed by atoms with Gasteiger partial charge in [0.2, 0.25) is 0 Å². The Morgan fingerprint density at radius 2 is 2.43 bits per heavy atom. The molecule has 0 aromatic heterocycles. The summed E-state index contributed by atoms with van der Waals surface area (Å²) in [6, 6.07) is 5.37. The van der Waals surface area contributed by atoms with Gasteiger partial charge in [0.15, 0.2) is 0 Å². The molecule has 14 heavy (non-hydrogen) atoms. The maximum absolute atomic E-state index is 10.8. The Kier molecular flexibility index (Phi) is 2.52. The van der Waals surface area contributed by atoms with Crippen LogP contribution in [0.15, 0.2) is 18.2 Å². The molecule has 74 valence electrons. The zero-order chi connectivity index (χ0) is 10.1. The molecule has 1 heterocycles. The Labute approximate surface area is 88.8 Å². The third kappa shape index (κ3) is 1.78. The fourth-order valence-corrected chi connectivity index (χ4v) is 2.77. The Hall–Kier alpha value is -0.940. The standard InChI is InChI=1S/C9H8O3S2/c1-6(10)11-8-3-2-4-9-7(8)5-14(13)12-9/h2-4H,5H2,1H3. The summed E-state index contributed by atoms with van der Waals surface area (Å²) in [7, 11) is -0.502. The van der Waals surface area contributed by atoms with Crippen LogP contribution in [0, 0.1) is 0 Å². The van der Waals surface area contributed by atoms with Gasteiger partial charge >= 0.3 is 5.97 Å². The van der Waals surface area contributed by atoms with E-state index in [1.165, 1.54) is 6.92 Å². The van der Waals surface area contributed by atoms with Crippen molar-refractivity contribution in [1.82, 2.24) is 0 Å². The molecule has 1 aliphatic rings. The number of fused-ring (bicyclic) bond motifs is 1. The van der Waals surface area contributed by atoms with Gasteiger partial charge in [-0.2, -0.15) is 0 Å². The topological polar surface area (TPSA) is 35.5 Å². The Morgan fingerprint density at radius 1 is 1.64 bits per heavy atom. The van der Waals surface area contributed by atoms with Crippen LogP contribution in [0.2, 0.25) is 0 Å². The van der Waals surface area contributed by atoms with Gasteiger partial charge in [0, 0.05) is 6.92 Å². The van der Waals surface area contributed by atoms with Gasteiger partial charge in [-0.3, -0.25) is 4.79 Å². The SMILES string of the molecule is CC(=O)Oc1cccc2c1CS(=S)O2. The molecular formula is C9H8O3S2. The number of hydrogen-bond donors (Lipinski definition) is 0. The number of carbonyl (C=O) groups excluding carboxylic acids is 1. The molecule has 1 atom stereocenters. The highest BCUT2D eigenvalue weighted by molar-refractivity contribution is 8.26. The van der Waals surface area contributed by atoms with E-state index in [1.807, 2.05) is 6.07 Å². The Morgan fingerprint density at radius 3 is 3.14 bits per heavy atom. The molecule has 1 aliphatic heterocycles. The van der Waals surface area contributed by atoms with E-state index in [2.05, 4.69) is 0 Å². The minimum atomic E-state index is -0.502. The van der Waals surface area contributed by atoms with E-state index >= 15 is 0 Å². The van der Waals surface area contributed by atoms with Crippen LogP contribution in [-0.4, -0.2) is 5.97 Å². The highest BCUT2D eigenvalue weighted by Gasteiger charge is 2.21. The minimum Gasteiger partial charge on any atom is -0.426 e. The third-order valence-electron chi connectivity index (χ3n) is 1.79. The zero-order valence-corrected chi connectivity index (χ0v) is 9.11. The van der Waals surface area contributed by atoms with Gasteiger partial charge in [-0.1, -0.05) is 6.07 Å². The quantitative estimate of drug-likeness (QED) is 0.539. The van der Waals surface area contributed by atoms with Crippen LogP contribution < -0.4 is 8.92 Å². The molecule has 1 unspecified atom stereocenters. The Bertz CT molecular complexity index is 415. The van der Waals surface area contributed by atoms with Crippen molar-refractivity contribution in [3.05, 3.63) is 23.8 Å². The average molecular weight is 228 g/mol. The van der Waals surface area contributed by atoms with E-state index in [0.717, 1.165) is 11.3 Å². The third-order valence-corrected chi connectivity index (χ3v) is 3.24. The van der Waals surface area contributed by atoms with Crippen LogP contribution >= 0.6 is 0 Å². The predicted octanol–water partition coefficient (Wildman–Crippen LogP) is 1.50. The molecule has 3 nitrogen and oxygen atoms in total. The second-order valence-corrected chi connectivity index (χ2v) is 5.04. The molecule has 0 spiro atoms. The van der Waals surface area contributed by atoms with Gasteiger partial charge in [-0.05, 0) is 23.3 Å². The molecule has 0 saturated heterocycles. The van der Waals surface area contributed by atoms with Gasteiger partial charge in [0.25, 0.3) is 0 Å². The summed E-state index contributed by atoms with van der Waals surface area (Å²) < 4.78 is 10.4. The first kappa shape index (κ1) is 9.61. The molecular weight excluding hydrogens is 220 g/mol. The molecule has 0 fully saturated rings. The maximum atomic E-state index is 10.8. The lowest BCUT2D eigenvalue weighted by Crippen LogP contribution is -2.03. The van der Waals surface area contributed by atoms with Crippen LogP contribution in [0.5, 0.6) is 11.5 Å². The van der Waals surface area contributed by atoms with Crippen molar-refractivity contribution in [2.75, 3.05) is 0 Å². The van der Waals surface area contributed by atoms with Crippen molar-refractivity contribution in [2.45, 2.75) is 12.7 Å². The normalized spacial score (nSPS) is 18.5. The first-order valence-electron chi connectivity index (χ1n) is 4.04. The van der Waals surface area contributed by atoms with E-state index < -0.39 is 9.74 Å². The summed E-state index contributed by atoms with van der Waals surface area (Å²) in [6.07, 6.45) is 0. The second kappa shape index (κ2) is 3.67. The number of carbonyl (C=O) groups is 1. The molecule has 0 saturated carbocycles. The van der Waals surface area contributed by atoms with Crippen molar-refractivity contribution >= 4 is 26.9 Å². The average Bonchev–Trinajstić information content (AvgIpc) is 2.45. The van der Waals surface area contributed by atoms with Crippen molar-refractivity contribution in [2.24, 2.45) is 0 Å². The zero-order valence-electron chi connectivity index (χ0n) is 7.48. The first-order valence-corrected chi connectivity index (χ1v) is 6.28. The molecule has 0 bridgehead atoms. The second-order valence-electron chi connectivity index (χ2n) is 2.86. The van der Waals surface area contributed by atoms with E-state index in [4.69, 9.17) is 20.1 Å². The molecule has 0 N–H and O–H groups in total. The Balaban J connectivity index is 2.39. The van der Waals surface area contributed by atoms with Crippen molar-refractivity contribution in [3.63, 3.8) is 0 Å². The van der Waals surface area contributed by atoms with E-state index in [1.54, 1.807) is 12.1 Å². The number of ether oxygens (including phenoxy) is 1. The number of esters is 1. The molecule has 1 aromatic carbocycles. The molecule has 2 rings (SSSR count). The monoisotopic (exact) mass is 228 g/mol. The summed E-state index contributed by atoms with van der Waals surface area (Å²) in [5.74, 6) is 1.63. The fourth-order valence-electron chi connectivity index (χ4n) is 1.26. The van der Waals surface area contributed by atoms with Gasteiger partial charge < -0.3 is 8.92 Å².